The van der Waals surface area contributed by atoms with Crippen LogP contribution >= 0.6 is 0 Å². The van der Waals surface area contributed by atoms with Gasteiger partial charge in [0, 0.05) is 5.92 Å². The number of rotatable bonds is 19. The number of hydrogen-bond acceptors (Lipinski definition) is 7. The molecule has 49 heavy (non-hydrogen) atoms. The van der Waals surface area contributed by atoms with Gasteiger partial charge in [0.1, 0.15) is 12.2 Å². The molecule has 1 saturated heterocycles. The Labute approximate surface area is 292 Å². The van der Waals surface area contributed by atoms with Crippen molar-refractivity contribution in [1.82, 2.24) is 0 Å². The highest BCUT2D eigenvalue weighted by Crippen LogP contribution is 2.34. The number of nitrogens with two attached hydrogens (primary N) is 1. The first kappa shape index (κ1) is 36.9. The second-order valence-corrected chi connectivity index (χ2v) is 13.0. The van der Waals surface area contributed by atoms with Gasteiger partial charge < -0.3 is 34.2 Å². The summed E-state index contributed by atoms with van der Waals surface area (Å²) < 4.78 is 38.9. The minimum atomic E-state index is -0.483. The van der Waals surface area contributed by atoms with Gasteiger partial charge >= 0.3 is 0 Å². The van der Waals surface area contributed by atoms with E-state index in [4.69, 9.17) is 34.2 Å². The molecule has 5 rings (SSSR count). The van der Waals surface area contributed by atoms with Crippen LogP contribution in [0.15, 0.2) is 121 Å². The van der Waals surface area contributed by atoms with Gasteiger partial charge in [-0.3, -0.25) is 0 Å². The zero-order chi connectivity index (χ0) is 34.3. The van der Waals surface area contributed by atoms with Crippen molar-refractivity contribution in [2.75, 3.05) is 13.2 Å². The van der Waals surface area contributed by atoms with Crippen LogP contribution in [-0.4, -0.2) is 50.0 Å². The average Bonchev–Trinajstić information content (AvgIpc) is 3.15. The summed E-state index contributed by atoms with van der Waals surface area (Å²) in [4.78, 5) is 0. The van der Waals surface area contributed by atoms with Gasteiger partial charge in [-0.1, -0.05) is 142 Å². The van der Waals surface area contributed by atoms with Crippen molar-refractivity contribution in [2.24, 2.45) is 17.6 Å². The molecule has 1 aliphatic rings. The Bertz CT molecular complexity index is 1440. The van der Waals surface area contributed by atoms with Crippen molar-refractivity contribution in [3.8, 4) is 0 Å². The molecule has 7 heteroatoms. The van der Waals surface area contributed by atoms with Crippen molar-refractivity contribution in [1.29, 1.82) is 0 Å². The lowest BCUT2D eigenvalue weighted by Crippen LogP contribution is -2.54. The van der Waals surface area contributed by atoms with Gasteiger partial charge in [0.25, 0.3) is 0 Å². The van der Waals surface area contributed by atoms with E-state index < -0.39 is 18.4 Å². The minimum absolute atomic E-state index is 0.0540. The molecule has 0 aliphatic carbocycles. The first-order valence-electron chi connectivity index (χ1n) is 17.6. The Kier molecular flexibility index (Phi) is 14.8. The van der Waals surface area contributed by atoms with Crippen LogP contribution < -0.4 is 5.73 Å². The fourth-order valence-corrected chi connectivity index (χ4v) is 6.27. The average molecular weight is 668 g/mol. The number of hydrogen-bond donors (Lipinski definition) is 1. The molecule has 0 aromatic heterocycles. The van der Waals surface area contributed by atoms with E-state index in [1.807, 2.05) is 72.8 Å². The predicted octanol–water partition coefficient (Wildman–Crippen LogP) is 7.71. The highest BCUT2D eigenvalue weighted by Gasteiger charge is 2.43. The maximum atomic E-state index is 6.91. The summed E-state index contributed by atoms with van der Waals surface area (Å²) in [5.41, 5.74) is 11.3. The third-order valence-corrected chi connectivity index (χ3v) is 9.37. The highest BCUT2D eigenvalue weighted by atomic mass is 16.7. The van der Waals surface area contributed by atoms with Crippen molar-refractivity contribution >= 4 is 0 Å². The topological polar surface area (TPSA) is 81.4 Å². The lowest BCUT2D eigenvalue weighted by Gasteiger charge is -2.44. The predicted molar refractivity (Wildman–Crippen MR) is 192 cm³/mol. The van der Waals surface area contributed by atoms with Crippen LogP contribution in [0.2, 0.25) is 0 Å². The van der Waals surface area contributed by atoms with Crippen molar-refractivity contribution in [3.63, 3.8) is 0 Å². The van der Waals surface area contributed by atoms with Crippen LogP contribution in [0.25, 0.3) is 0 Å². The molecule has 5 unspecified atom stereocenters. The molecule has 2 N–H and O–H groups in total. The molecule has 0 spiro atoms. The van der Waals surface area contributed by atoms with E-state index in [1.165, 1.54) is 0 Å². The Hall–Kier alpha value is -3.40. The second kappa shape index (κ2) is 19.7. The van der Waals surface area contributed by atoms with Gasteiger partial charge in [0.15, 0.2) is 6.29 Å². The fourth-order valence-electron chi connectivity index (χ4n) is 6.27. The smallest absolute Gasteiger partial charge is 0.161 e. The zero-order valence-electron chi connectivity index (χ0n) is 29.1. The van der Waals surface area contributed by atoms with E-state index >= 15 is 0 Å². The summed E-state index contributed by atoms with van der Waals surface area (Å²) in [6.45, 7) is 9.00. The van der Waals surface area contributed by atoms with Crippen LogP contribution in [0.3, 0.4) is 0 Å². The first-order valence-corrected chi connectivity index (χ1v) is 17.6. The number of benzene rings is 4. The monoisotopic (exact) mass is 667 g/mol. The van der Waals surface area contributed by atoms with Gasteiger partial charge in [-0.2, -0.15) is 0 Å². The Morgan fingerprint density at radius 3 is 1.63 bits per heavy atom. The van der Waals surface area contributed by atoms with Gasteiger partial charge in [0.2, 0.25) is 0 Å². The summed E-state index contributed by atoms with van der Waals surface area (Å²) >= 11 is 0. The summed E-state index contributed by atoms with van der Waals surface area (Å²) in [5, 5.41) is 0. The van der Waals surface area contributed by atoms with E-state index in [9.17, 15) is 0 Å². The SMILES string of the molecule is CC[C@@H](OCc1ccccc1)[C@@H](OCc1ccccc1)[C@@H](N)COC1OC(COCc2ccccc2)C(OCc2ccccc2)C(C)C1C. The van der Waals surface area contributed by atoms with Gasteiger partial charge in [-0.25, -0.2) is 0 Å². The second-order valence-electron chi connectivity index (χ2n) is 13.0. The Balaban J connectivity index is 1.25. The van der Waals surface area contributed by atoms with Crippen LogP contribution in [0.1, 0.15) is 49.4 Å². The maximum Gasteiger partial charge on any atom is 0.161 e. The van der Waals surface area contributed by atoms with E-state index in [0.717, 1.165) is 28.7 Å². The lowest BCUT2D eigenvalue weighted by molar-refractivity contribution is -0.283. The number of ether oxygens (including phenoxy) is 6. The van der Waals surface area contributed by atoms with Gasteiger partial charge in [0.05, 0.1) is 57.9 Å². The van der Waals surface area contributed by atoms with E-state index in [2.05, 4.69) is 69.3 Å². The largest absolute Gasteiger partial charge is 0.374 e. The molecular formula is C42H53NO6. The molecule has 0 amide bonds. The molecule has 1 heterocycles. The molecule has 1 fully saturated rings. The standard InChI is InChI=1S/C42H53NO6/c1-4-38(45-26-34-19-11-6-12-20-34)41(47-28-36-23-15-8-16-24-36)37(43)29-48-42-32(3)31(2)40(46-27-35-21-13-7-14-22-35)39(49-42)30-44-25-33-17-9-5-10-18-33/h5-24,31-32,37-42H,4,25-30,43H2,1-3H3/t31?,32?,37-,38+,39?,40?,41-,42?/m0/s1. The maximum absolute atomic E-state index is 6.91. The molecular weight excluding hydrogens is 614 g/mol. The summed E-state index contributed by atoms with van der Waals surface area (Å²) in [6, 6.07) is 40.3. The van der Waals surface area contributed by atoms with Gasteiger partial charge in [-0.05, 0) is 34.6 Å². The van der Waals surface area contributed by atoms with Crippen LogP contribution in [-0.2, 0) is 54.8 Å². The summed E-state index contributed by atoms with van der Waals surface area (Å²) in [7, 11) is 0. The highest BCUT2D eigenvalue weighted by molar-refractivity contribution is 5.16. The summed E-state index contributed by atoms with van der Waals surface area (Å²) in [6.07, 6.45) is -0.838. The zero-order valence-corrected chi connectivity index (χ0v) is 29.1. The van der Waals surface area contributed by atoms with Crippen LogP contribution in [0.5, 0.6) is 0 Å². The quantitative estimate of drug-likeness (QED) is 0.110. The van der Waals surface area contributed by atoms with E-state index in [1.54, 1.807) is 0 Å². The van der Waals surface area contributed by atoms with Gasteiger partial charge in [-0.15, -0.1) is 0 Å². The fraction of sp³-hybridized carbons (Fsp3) is 0.429. The molecule has 8 atom stereocenters. The molecule has 1 aliphatic heterocycles. The van der Waals surface area contributed by atoms with Crippen molar-refractivity contribution in [3.05, 3.63) is 144 Å². The molecule has 262 valence electrons. The molecule has 0 radical (unpaired) electrons. The third-order valence-electron chi connectivity index (χ3n) is 9.37. The molecule has 4 aromatic carbocycles. The van der Waals surface area contributed by atoms with E-state index in [-0.39, 0.29) is 36.8 Å². The molecule has 7 nitrogen and oxygen atoms in total. The van der Waals surface area contributed by atoms with Crippen LogP contribution in [0.4, 0.5) is 0 Å². The third kappa shape index (κ3) is 11.3. The molecule has 4 aromatic rings. The molecule has 0 bridgehead atoms. The summed E-state index contributed by atoms with van der Waals surface area (Å²) in [5.74, 6) is 0.199. The Morgan fingerprint density at radius 1 is 0.612 bits per heavy atom. The normalized spacial score (nSPS) is 22.7. The van der Waals surface area contributed by atoms with Crippen LogP contribution in [0, 0.1) is 11.8 Å². The molecule has 0 saturated carbocycles. The first-order chi connectivity index (χ1) is 24.0. The van der Waals surface area contributed by atoms with Crippen molar-refractivity contribution < 1.29 is 28.4 Å². The van der Waals surface area contributed by atoms with E-state index in [0.29, 0.717) is 33.0 Å². The van der Waals surface area contributed by atoms with Crippen molar-refractivity contribution in [2.45, 2.75) is 90.4 Å². The lowest BCUT2D eigenvalue weighted by atomic mass is 9.84. The minimum Gasteiger partial charge on any atom is -0.374 e. The Morgan fingerprint density at radius 2 is 1.10 bits per heavy atom.